The lowest BCUT2D eigenvalue weighted by Gasteiger charge is -2.00. The van der Waals surface area contributed by atoms with Crippen LogP contribution in [0.1, 0.15) is 24.8 Å². The Labute approximate surface area is 98.0 Å². The fourth-order valence-electron chi connectivity index (χ4n) is 1.87. The molecule has 0 aliphatic carbocycles. The Kier molecular flexibility index (Phi) is 2.53. The molecule has 0 bridgehead atoms. The Hall–Kier alpha value is -1.88. The number of hydrogen-bond donors (Lipinski definition) is 1. The first kappa shape index (κ1) is 10.3. The van der Waals surface area contributed by atoms with Gasteiger partial charge in [-0.3, -0.25) is 0 Å². The van der Waals surface area contributed by atoms with Gasteiger partial charge in [0.15, 0.2) is 0 Å². The summed E-state index contributed by atoms with van der Waals surface area (Å²) < 4.78 is 10.7. The molecule has 0 amide bonds. The molecule has 17 heavy (non-hydrogen) atoms. The SMILES string of the molecule is Oc1ccc(-c2nc(C3CCCO3)no2)cc1. The smallest absolute Gasteiger partial charge is 0.258 e. The van der Waals surface area contributed by atoms with Crippen LogP contribution in [0.15, 0.2) is 28.8 Å². The number of aromatic nitrogens is 2. The lowest BCUT2D eigenvalue weighted by atomic mass is 10.2. The van der Waals surface area contributed by atoms with Crippen LogP contribution in [-0.4, -0.2) is 21.9 Å². The predicted molar refractivity (Wildman–Crippen MR) is 59.3 cm³/mol. The van der Waals surface area contributed by atoms with Gasteiger partial charge in [-0.25, -0.2) is 0 Å². The van der Waals surface area contributed by atoms with Crippen molar-refractivity contribution in [2.24, 2.45) is 0 Å². The fraction of sp³-hybridized carbons (Fsp3) is 0.333. The Morgan fingerprint density at radius 2 is 2.06 bits per heavy atom. The van der Waals surface area contributed by atoms with E-state index in [0.29, 0.717) is 11.7 Å². The van der Waals surface area contributed by atoms with E-state index in [9.17, 15) is 5.11 Å². The first-order valence-electron chi connectivity index (χ1n) is 5.57. The van der Waals surface area contributed by atoms with Crippen molar-refractivity contribution < 1.29 is 14.4 Å². The van der Waals surface area contributed by atoms with E-state index in [1.165, 1.54) is 0 Å². The van der Waals surface area contributed by atoms with E-state index >= 15 is 0 Å². The molecule has 0 spiro atoms. The monoisotopic (exact) mass is 232 g/mol. The Bertz CT molecular complexity index is 501. The summed E-state index contributed by atoms with van der Waals surface area (Å²) >= 11 is 0. The molecule has 1 unspecified atom stereocenters. The normalized spacial score (nSPS) is 19.6. The molecule has 3 rings (SSSR count). The van der Waals surface area contributed by atoms with Crippen LogP contribution < -0.4 is 0 Å². The first-order chi connectivity index (χ1) is 8.33. The van der Waals surface area contributed by atoms with Gasteiger partial charge in [-0.15, -0.1) is 0 Å². The number of phenolic OH excluding ortho intramolecular Hbond substituents is 1. The molecule has 0 radical (unpaired) electrons. The minimum atomic E-state index is -0.0374. The standard InChI is InChI=1S/C12H12N2O3/c15-9-5-3-8(4-6-9)12-13-11(14-17-12)10-2-1-7-16-10/h3-6,10,15H,1-2,7H2. The lowest BCUT2D eigenvalue weighted by molar-refractivity contribution is 0.103. The predicted octanol–water partition coefficient (Wildman–Crippen LogP) is 2.29. The molecule has 5 nitrogen and oxygen atoms in total. The summed E-state index contributed by atoms with van der Waals surface area (Å²) in [4.78, 5) is 4.31. The highest BCUT2D eigenvalue weighted by atomic mass is 16.5. The summed E-state index contributed by atoms with van der Waals surface area (Å²) in [5, 5.41) is 13.1. The number of benzene rings is 1. The van der Waals surface area contributed by atoms with Crippen LogP contribution in [0.2, 0.25) is 0 Å². The van der Waals surface area contributed by atoms with Crippen LogP contribution in [0.5, 0.6) is 5.75 Å². The van der Waals surface area contributed by atoms with E-state index in [1.54, 1.807) is 24.3 Å². The summed E-state index contributed by atoms with van der Waals surface area (Å²) in [5.41, 5.74) is 0.791. The van der Waals surface area contributed by atoms with Crippen molar-refractivity contribution in [2.75, 3.05) is 6.61 Å². The topological polar surface area (TPSA) is 68.4 Å². The molecule has 0 saturated carbocycles. The van der Waals surface area contributed by atoms with Crippen LogP contribution in [-0.2, 0) is 4.74 Å². The van der Waals surface area contributed by atoms with E-state index in [1.807, 2.05) is 0 Å². The van der Waals surface area contributed by atoms with E-state index in [4.69, 9.17) is 9.26 Å². The Balaban J connectivity index is 1.86. The zero-order valence-corrected chi connectivity index (χ0v) is 9.17. The van der Waals surface area contributed by atoms with Gasteiger partial charge in [0.25, 0.3) is 5.89 Å². The van der Waals surface area contributed by atoms with Crippen LogP contribution in [0, 0.1) is 0 Å². The van der Waals surface area contributed by atoms with Gasteiger partial charge in [-0.05, 0) is 37.1 Å². The highest BCUT2D eigenvalue weighted by molar-refractivity contribution is 5.53. The molecule has 1 saturated heterocycles. The molecular weight excluding hydrogens is 220 g/mol. The Morgan fingerprint density at radius 1 is 1.24 bits per heavy atom. The maximum atomic E-state index is 9.19. The second kappa shape index (κ2) is 4.18. The number of nitrogens with zero attached hydrogens (tertiary/aromatic N) is 2. The zero-order valence-electron chi connectivity index (χ0n) is 9.17. The molecule has 1 fully saturated rings. The highest BCUT2D eigenvalue weighted by Gasteiger charge is 2.23. The number of ether oxygens (including phenoxy) is 1. The maximum Gasteiger partial charge on any atom is 0.258 e. The van der Waals surface area contributed by atoms with Gasteiger partial charge in [0.2, 0.25) is 5.82 Å². The summed E-state index contributed by atoms with van der Waals surface area (Å²) in [6, 6.07) is 6.65. The maximum absolute atomic E-state index is 9.19. The second-order valence-electron chi connectivity index (χ2n) is 4.01. The number of phenols is 1. The van der Waals surface area contributed by atoms with Crippen molar-refractivity contribution >= 4 is 0 Å². The van der Waals surface area contributed by atoms with Crippen molar-refractivity contribution in [3.05, 3.63) is 30.1 Å². The van der Waals surface area contributed by atoms with Crippen LogP contribution in [0.4, 0.5) is 0 Å². The van der Waals surface area contributed by atoms with Crippen molar-refractivity contribution in [2.45, 2.75) is 18.9 Å². The number of rotatable bonds is 2. The van der Waals surface area contributed by atoms with Crippen LogP contribution in [0.25, 0.3) is 11.5 Å². The van der Waals surface area contributed by atoms with Crippen molar-refractivity contribution in [3.63, 3.8) is 0 Å². The van der Waals surface area contributed by atoms with Gasteiger partial charge in [0.05, 0.1) is 0 Å². The van der Waals surface area contributed by atoms with E-state index in [-0.39, 0.29) is 11.9 Å². The van der Waals surface area contributed by atoms with E-state index in [2.05, 4.69) is 10.1 Å². The van der Waals surface area contributed by atoms with Crippen LogP contribution >= 0.6 is 0 Å². The molecular formula is C12H12N2O3. The first-order valence-corrected chi connectivity index (χ1v) is 5.57. The van der Waals surface area contributed by atoms with Crippen molar-refractivity contribution in [1.29, 1.82) is 0 Å². The minimum Gasteiger partial charge on any atom is -0.508 e. The van der Waals surface area contributed by atoms with Gasteiger partial charge < -0.3 is 14.4 Å². The van der Waals surface area contributed by atoms with Crippen LogP contribution in [0.3, 0.4) is 0 Å². The average Bonchev–Trinajstić information content (AvgIpc) is 3.00. The summed E-state index contributed by atoms with van der Waals surface area (Å²) in [6.07, 6.45) is 1.94. The largest absolute Gasteiger partial charge is 0.508 e. The van der Waals surface area contributed by atoms with Gasteiger partial charge in [-0.2, -0.15) is 4.98 Å². The van der Waals surface area contributed by atoms with Gasteiger partial charge in [-0.1, -0.05) is 5.16 Å². The molecule has 1 N–H and O–H groups in total. The number of hydrogen-bond acceptors (Lipinski definition) is 5. The quantitative estimate of drug-likeness (QED) is 0.860. The summed E-state index contributed by atoms with van der Waals surface area (Å²) in [7, 11) is 0. The fourth-order valence-corrected chi connectivity index (χ4v) is 1.87. The molecule has 1 aromatic heterocycles. The molecule has 88 valence electrons. The molecule has 1 aliphatic heterocycles. The van der Waals surface area contributed by atoms with E-state index in [0.717, 1.165) is 25.0 Å². The third-order valence-corrected chi connectivity index (χ3v) is 2.77. The van der Waals surface area contributed by atoms with Crippen molar-refractivity contribution in [1.82, 2.24) is 10.1 Å². The third-order valence-electron chi connectivity index (χ3n) is 2.77. The highest BCUT2D eigenvalue weighted by Crippen LogP contribution is 2.28. The van der Waals surface area contributed by atoms with Gasteiger partial charge in [0.1, 0.15) is 11.9 Å². The van der Waals surface area contributed by atoms with Crippen molar-refractivity contribution in [3.8, 4) is 17.2 Å². The zero-order chi connectivity index (χ0) is 11.7. The summed E-state index contributed by atoms with van der Waals surface area (Å²) in [6.45, 7) is 0.758. The third kappa shape index (κ3) is 2.01. The lowest BCUT2D eigenvalue weighted by Crippen LogP contribution is -1.97. The molecule has 2 heterocycles. The number of aromatic hydroxyl groups is 1. The molecule has 1 aliphatic rings. The molecule has 2 aromatic rings. The average molecular weight is 232 g/mol. The van der Waals surface area contributed by atoms with Gasteiger partial charge >= 0.3 is 0 Å². The molecule has 1 atom stereocenters. The van der Waals surface area contributed by atoms with Gasteiger partial charge in [0, 0.05) is 12.2 Å². The second-order valence-corrected chi connectivity index (χ2v) is 4.01. The minimum absolute atomic E-state index is 0.0374. The Morgan fingerprint density at radius 3 is 2.76 bits per heavy atom. The summed E-state index contributed by atoms with van der Waals surface area (Å²) in [5.74, 6) is 1.27. The molecule has 5 heteroatoms. The van der Waals surface area contributed by atoms with E-state index < -0.39 is 0 Å². The molecule has 1 aromatic carbocycles.